The lowest BCUT2D eigenvalue weighted by molar-refractivity contribution is 0.0596. The Bertz CT molecular complexity index is 803. The minimum Gasteiger partial charge on any atom is -0.464 e. The van der Waals surface area contributed by atoms with Gasteiger partial charge in [-0.1, -0.05) is 42.5 Å². The number of imidazole rings is 1. The lowest BCUT2D eigenvalue weighted by Gasteiger charge is -2.09. The SMILES string of the molecule is COC(=O)c1ncn(Cc2cccc3ccccc23)c1N. The zero-order chi connectivity index (χ0) is 14.8. The van der Waals surface area contributed by atoms with Crippen LogP contribution in [0.15, 0.2) is 48.8 Å². The van der Waals surface area contributed by atoms with Crippen LogP contribution in [0.25, 0.3) is 10.8 Å². The molecule has 0 saturated carbocycles. The van der Waals surface area contributed by atoms with Crippen molar-refractivity contribution in [3.8, 4) is 0 Å². The molecule has 106 valence electrons. The van der Waals surface area contributed by atoms with E-state index in [1.165, 1.54) is 12.5 Å². The van der Waals surface area contributed by atoms with Gasteiger partial charge in [0.25, 0.3) is 0 Å². The van der Waals surface area contributed by atoms with Crippen LogP contribution in [-0.2, 0) is 11.3 Å². The molecule has 3 aromatic rings. The highest BCUT2D eigenvalue weighted by Gasteiger charge is 2.16. The van der Waals surface area contributed by atoms with E-state index in [0.29, 0.717) is 12.4 Å². The highest BCUT2D eigenvalue weighted by atomic mass is 16.5. The predicted octanol–water partition coefficient (Wildman–Crippen LogP) is 2.45. The summed E-state index contributed by atoms with van der Waals surface area (Å²) in [5.41, 5.74) is 7.24. The van der Waals surface area contributed by atoms with Gasteiger partial charge in [-0.25, -0.2) is 9.78 Å². The molecule has 5 heteroatoms. The van der Waals surface area contributed by atoms with E-state index in [1.807, 2.05) is 24.3 Å². The van der Waals surface area contributed by atoms with Crippen molar-refractivity contribution in [3.05, 3.63) is 60.0 Å². The quantitative estimate of drug-likeness (QED) is 0.749. The molecule has 0 atom stereocenters. The summed E-state index contributed by atoms with van der Waals surface area (Å²) in [6.45, 7) is 0.553. The average molecular weight is 281 g/mol. The molecular weight excluding hydrogens is 266 g/mol. The molecule has 1 aromatic heterocycles. The van der Waals surface area contributed by atoms with Crippen molar-refractivity contribution in [1.82, 2.24) is 9.55 Å². The summed E-state index contributed by atoms with van der Waals surface area (Å²) in [4.78, 5) is 15.6. The number of aromatic nitrogens is 2. The number of nitrogens with two attached hydrogens (primary N) is 1. The van der Waals surface area contributed by atoms with Gasteiger partial charge in [0.1, 0.15) is 5.82 Å². The zero-order valence-electron chi connectivity index (χ0n) is 11.6. The van der Waals surface area contributed by atoms with Gasteiger partial charge in [-0.05, 0) is 16.3 Å². The maximum atomic E-state index is 11.5. The van der Waals surface area contributed by atoms with Gasteiger partial charge >= 0.3 is 5.97 Å². The fourth-order valence-corrected chi connectivity index (χ4v) is 2.39. The van der Waals surface area contributed by atoms with Crippen LogP contribution in [0.1, 0.15) is 16.1 Å². The number of esters is 1. The molecule has 2 aromatic carbocycles. The van der Waals surface area contributed by atoms with Crippen molar-refractivity contribution in [2.24, 2.45) is 0 Å². The number of nitrogen functional groups attached to an aromatic ring is 1. The number of nitrogens with zero attached hydrogens (tertiary/aromatic N) is 2. The van der Waals surface area contributed by atoms with Gasteiger partial charge in [-0.15, -0.1) is 0 Å². The summed E-state index contributed by atoms with van der Waals surface area (Å²) in [5.74, 6) is -0.209. The molecule has 0 aliphatic carbocycles. The molecule has 1 heterocycles. The first-order valence-corrected chi connectivity index (χ1v) is 6.56. The van der Waals surface area contributed by atoms with Gasteiger partial charge in [0, 0.05) is 0 Å². The molecule has 5 nitrogen and oxygen atoms in total. The topological polar surface area (TPSA) is 70.1 Å². The van der Waals surface area contributed by atoms with Gasteiger partial charge in [-0.2, -0.15) is 0 Å². The van der Waals surface area contributed by atoms with Gasteiger partial charge in [-0.3, -0.25) is 0 Å². The molecule has 0 bridgehead atoms. The Morgan fingerprint density at radius 3 is 2.81 bits per heavy atom. The van der Waals surface area contributed by atoms with Crippen molar-refractivity contribution >= 4 is 22.6 Å². The molecular formula is C16H15N3O2. The third-order valence-corrected chi connectivity index (χ3v) is 3.48. The van der Waals surface area contributed by atoms with Crippen LogP contribution in [0.4, 0.5) is 5.82 Å². The minimum absolute atomic E-state index is 0.151. The third-order valence-electron chi connectivity index (χ3n) is 3.48. The van der Waals surface area contributed by atoms with E-state index in [9.17, 15) is 4.79 Å². The summed E-state index contributed by atoms with van der Waals surface area (Å²) in [5, 5.41) is 2.33. The normalized spacial score (nSPS) is 10.7. The molecule has 0 aliphatic heterocycles. The largest absolute Gasteiger partial charge is 0.464 e. The van der Waals surface area contributed by atoms with Crippen LogP contribution in [0.5, 0.6) is 0 Å². The van der Waals surface area contributed by atoms with Crippen LogP contribution < -0.4 is 5.73 Å². The Morgan fingerprint density at radius 1 is 1.24 bits per heavy atom. The van der Waals surface area contributed by atoms with E-state index in [4.69, 9.17) is 5.73 Å². The Kier molecular flexibility index (Phi) is 3.31. The second-order valence-corrected chi connectivity index (χ2v) is 4.74. The second kappa shape index (κ2) is 5.28. The Hall–Kier alpha value is -2.82. The monoisotopic (exact) mass is 281 g/mol. The van der Waals surface area contributed by atoms with Gasteiger partial charge < -0.3 is 15.0 Å². The third kappa shape index (κ3) is 2.33. The molecule has 21 heavy (non-hydrogen) atoms. The van der Waals surface area contributed by atoms with E-state index in [1.54, 1.807) is 10.9 Å². The number of methoxy groups -OCH3 is 1. The first-order valence-electron chi connectivity index (χ1n) is 6.56. The summed E-state index contributed by atoms with van der Waals surface area (Å²) < 4.78 is 6.40. The number of hydrogen-bond acceptors (Lipinski definition) is 4. The van der Waals surface area contributed by atoms with E-state index in [-0.39, 0.29) is 5.69 Å². The molecule has 0 unspecified atom stereocenters. The summed E-state index contributed by atoms with van der Waals surface area (Å²) in [7, 11) is 1.31. The van der Waals surface area contributed by atoms with Crippen molar-refractivity contribution in [2.75, 3.05) is 12.8 Å². The minimum atomic E-state index is -0.524. The highest BCUT2D eigenvalue weighted by Crippen LogP contribution is 2.21. The van der Waals surface area contributed by atoms with Crippen molar-refractivity contribution in [3.63, 3.8) is 0 Å². The number of carbonyl (C=O) groups is 1. The van der Waals surface area contributed by atoms with E-state index < -0.39 is 5.97 Å². The molecule has 0 amide bonds. The van der Waals surface area contributed by atoms with Crippen molar-refractivity contribution < 1.29 is 9.53 Å². The maximum absolute atomic E-state index is 11.5. The van der Waals surface area contributed by atoms with Crippen molar-refractivity contribution in [1.29, 1.82) is 0 Å². The number of carbonyl (C=O) groups excluding carboxylic acids is 1. The number of benzene rings is 2. The summed E-state index contributed by atoms with van der Waals surface area (Å²) in [6.07, 6.45) is 1.56. The Balaban J connectivity index is 2.00. The standard InChI is InChI=1S/C16H15N3O2/c1-21-16(20)14-15(17)19(10-18-14)9-12-7-4-6-11-5-2-3-8-13(11)12/h2-8,10H,9,17H2,1H3. The number of ether oxygens (including phenoxy) is 1. The number of rotatable bonds is 3. The van der Waals surface area contributed by atoms with Gasteiger partial charge in [0.05, 0.1) is 20.0 Å². The number of anilines is 1. The van der Waals surface area contributed by atoms with Gasteiger partial charge in [0.2, 0.25) is 0 Å². The summed E-state index contributed by atoms with van der Waals surface area (Å²) in [6, 6.07) is 14.3. The zero-order valence-corrected chi connectivity index (χ0v) is 11.6. The van der Waals surface area contributed by atoms with Crippen LogP contribution in [0.3, 0.4) is 0 Å². The molecule has 0 spiro atoms. The first kappa shape index (κ1) is 13.2. The van der Waals surface area contributed by atoms with E-state index in [0.717, 1.165) is 10.9 Å². The lowest BCUT2D eigenvalue weighted by atomic mass is 10.0. The molecule has 3 rings (SSSR count). The van der Waals surface area contributed by atoms with E-state index in [2.05, 4.69) is 27.9 Å². The Labute approximate surface area is 122 Å². The smallest absolute Gasteiger partial charge is 0.360 e. The highest BCUT2D eigenvalue weighted by molar-refractivity contribution is 5.92. The van der Waals surface area contributed by atoms with Gasteiger partial charge in [0.15, 0.2) is 5.69 Å². The van der Waals surface area contributed by atoms with Crippen LogP contribution in [0.2, 0.25) is 0 Å². The lowest BCUT2D eigenvalue weighted by Crippen LogP contribution is -2.09. The van der Waals surface area contributed by atoms with Crippen LogP contribution >= 0.6 is 0 Å². The Morgan fingerprint density at radius 2 is 2.00 bits per heavy atom. The predicted molar refractivity (Wildman–Crippen MR) is 81.0 cm³/mol. The van der Waals surface area contributed by atoms with Crippen LogP contribution in [-0.4, -0.2) is 22.6 Å². The fourth-order valence-electron chi connectivity index (χ4n) is 2.39. The van der Waals surface area contributed by atoms with Crippen molar-refractivity contribution in [2.45, 2.75) is 6.54 Å². The molecule has 0 saturated heterocycles. The number of fused-ring (bicyclic) bond motifs is 1. The fraction of sp³-hybridized carbons (Fsp3) is 0.125. The molecule has 0 aliphatic rings. The average Bonchev–Trinajstić information content (AvgIpc) is 2.88. The molecule has 0 radical (unpaired) electrons. The second-order valence-electron chi connectivity index (χ2n) is 4.74. The molecule has 2 N–H and O–H groups in total. The maximum Gasteiger partial charge on any atom is 0.360 e. The summed E-state index contributed by atoms with van der Waals surface area (Å²) >= 11 is 0. The van der Waals surface area contributed by atoms with Crippen LogP contribution in [0, 0.1) is 0 Å². The molecule has 0 fully saturated rings. The van der Waals surface area contributed by atoms with E-state index >= 15 is 0 Å². The first-order chi connectivity index (χ1) is 10.2. The number of hydrogen-bond donors (Lipinski definition) is 1.